The van der Waals surface area contributed by atoms with Crippen molar-refractivity contribution in [1.82, 2.24) is 9.78 Å². The Morgan fingerprint density at radius 3 is 1.57 bits per heavy atom. The van der Waals surface area contributed by atoms with Crippen LogP contribution in [0.4, 0.5) is 48.3 Å². The molecule has 1 heterocycles. The SMILES string of the molecule is O=C(c1c(C(F)(F)F)nn(-c2c(F)c(F)c(F)c(F)c2F)c1O)C(F)(F)F.[Mn]. The number of hydrogen-bond acceptors (Lipinski definition) is 3. The summed E-state index contributed by atoms with van der Waals surface area (Å²) in [5.41, 5.74) is -7.67. The van der Waals surface area contributed by atoms with Gasteiger partial charge in [0.15, 0.2) is 29.0 Å². The number of ketones is 1. The van der Waals surface area contributed by atoms with Gasteiger partial charge in [0.05, 0.1) is 0 Å². The van der Waals surface area contributed by atoms with Crippen LogP contribution in [-0.2, 0) is 23.2 Å². The molecule has 0 atom stereocenters. The van der Waals surface area contributed by atoms with E-state index in [0.717, 1.165) is 0 Å². The van der Waals surface area contributed by atoms with Crippen molar-refractivity contribution < 1.29 is 75.3 Å². The minimum absolute atomic E-state index is 0. The van der Waals surface area contributed by atoms with Crippen LogP contribution < -0.4 is 0 Å². The van der Waals surface area contributed by atoms with Crippen LogP contribution in [0.2, 0.25) is 0 Å². The molecule has 16 heteroatoms. The monoisotopic (exact) mass is 469 g/mol. The van der Waals surface area contributed by atoms with Crippen LogP contribution >= 0.6 is 0 Å². The molecule has 0 aliphatic heterocycles. The third kappa shape index (κ3) is 3.65. The van der Waals surface area contributed by atoms with Crippen LogP contribution in [0.3, 0.4) is 0 Å². The molecule has 155 valence electrons. The summed E-state index contributed by atoms with van der Waals surface area (Å²) in [6, 6.07) is 0. The number of rotatable bonds is 2. The molecule has 0 amide bonds. The third-order valence-electron chi connectivity index (χ3n) is 3.01. The standard InChI is InChI=1S/C12HF11N2O2.Mn/c13-2-3(14)5(16)7(6(17)4(2)15)25-10(27)1(9(26)12(21,22)23)8(24-25)11(18,19)20;/h27H;. The summed E-state index contributed by atoms with van der Waals surface area (Å²) in [4.78, 5) is 11.1. The van der Waals surface area contributed by atoms with Crippen LogP contribution in [0.1, 0.15) is 16.1 Å². The minimum Gasteiger partial charge on any atom is -0.493 e. The first-order valence-corrected chi connectivity index (χ1v) is 6.13. The molecule has 2 aromatic rings. The van der Waals surface area contributed by atoms with Gasteiger partial charge in [-0.1, -0.05) is 0 Å². The molecule has 0 saturated heterocycles. The van der Waals surface area contributed by atoms with E-state index in [9.17, 15) is 58.2 Å². The number of alkyl halides is 6. The zero-order valence-corrected chi connectivity index (χ0v) is 13.5. The quantitative estimate of drug-likeness (QED) is 0.238. The molecule has 1 N–H and O–H groups in total. The maximum Gasteiger partial charge on any atom is 0.455 e. The molecule has 1 aromatic carbocycles. The van der Waals surface area contributed by atoms with E-state index in [-0.39, 0.29) is 17.1 Å². The van der Waals surface area contributed by atoms with E-state index in [2.05, 4.69) is 5.10 Å². The van der Waals surface area contributed by atoms with Gasteiger partial charge in [-0.3, -0.25) is 4.79 Å². The van der Waals surface area contributed by atoms with Crippen molar-refractivity contribution in [3.05, 3.63) is 40.3 Å². The molecule has 1 aromatic heterocycles. The summed E-state index contributed by atoms with van der Waals surface area (Å²) in [5.74, 6) is -19.5. The average Bonchev–Trinajstić information content (AvgIpc) is 2.87. The molecule has 1 radical (unpaired) electrons. The first-order chi connectivity index (χ1) is 12.1. The van der Waals surface area contributed by atoms with Gasteiger partial charge in [0.25, 0.3) is 5.78 Å². The van der Waals surface area contributed by atoms with Crippen LogP contribution in [-0.4, -0.2) is 26.8 Å². The Bertz CT molecular complexity index is 920. The van der Waals surface area contributed by atoms with Crippen molar-refractivity contribution >= 4 is 5.78 Å². The van der Waals surface area contributed by atoms with Gasteiger partial charge in [-0.25, -0.2) is 22.0 Å². The van der Waals surface area contributed by atoms with E-state index in [0.29, 0.717) is 0 Å². The van der Waals surface area contributed by atoms with Crippen molar-refractivity contribution in [2.75, 3.05) is 0 Å². The molecule has 0 bridgehead atoms. The first kappa shape index (κ1) is 23.7. The number of carbonyl (C=O) groups is 1. The molecule has 0 aliphatic rings. The Labute approximate surface area is 156 Å². The van der Waals surface area contributed by atoms with E-state index in [1.165, 1.54) is 0 Å². The van der Waals surface area contributed by atoms with Crippen LogP contribution in [0, 0.1) is 29.1 Å². The number of aromatic nitrogens is 2. The van der Waals surface area contributed by atoms with Crippen LogP contribution in [0.5, 0.6) is 5.88 Å². The third-order valence-corrected chi connectivity index (χ3v) is 3.01. The Kier molecular flexibility index (Phi) is 6.12. The summed E-state index contributed by atoms with van der Waals surface area (Å²) < 4.78 is 141. The van der Waals surface area contributed by atoms with Gasteiger partial charge in [0, 0.05) is 17.1 Å². The second kappa shape index (κ2) is 7.24. The molecule has 4 nitrogen and oxygen atoms in total. The van der Waals surface area contributed by atoms with Gasteiger partial charge in [-0.15, -0.1) is 0 Å². The molecule has 0 unspecified atom stereocenters. The van der Waals surface area contributed by atoms with E-state index in [1.54, 1.807) is 0 Å². The zero-order valence-electron chi connectivity index (χ0n) is 12.3. The molecule has 0 spiro atoms. The van der Waals surface area contributed by atoms with Gasteiger partial charge in [-0.05, 0) is 0 Å². The fourth-order valence-electron chi connectivity index (χ4n) is 1.89. The summed E-state index contributed by atoms with van der Waals surface area (Å²) >= 11 is 0. The topological polar surface area (TPSA) is 55.1 Å². The molecule has 0 fully saturated rings. The summed E-state index contributed by atoms with van der Waals surface area (Å²) in [7, 11) is 0. The number of hydrogen-bond donors (Lipinski definition) is 1. The maximum atomic E-state index is 13.7. The van der Waals surface area contributed by atoms with Crippen molar-refractivity contribution in [2.45, 2.75) is 12.4 Å². The van der Waals surface area contributed by atoms with Gasteiger partial charge < -0.3 is 5.11 Å². The van der Waals surface area contributed by atoms with Crippen LogP contribution in [0.15, 0.2) is 0 Å². The number of halogens is 11. The Balaban J connectivity index is 0.00000392. The molecular weight excluding hydrogens is 468 g/mol. The fourth-order valence-corrected chi connectivity index (χ4v) is 1.89. The number of aromatic hydroxyl groups is 1. The van der Waals surface area contributed by atoms with Crippen molar-refractivity contribution in [3.63, 3.8) is 0 Å². The average molecular weight is 469 g/mol. The molecule has 0 aliphatic carbocycles. The number of nitrogens with zero attached hydrogens (tertiary/aromatic N) is 2. The minimum atomic E-state index is -6.00. The summed E-state index contributed by atoms with van der Waals surface area (Å²) in [6.07, 6.45) is -11.9. The smallest absolute Gasteiger partial charge is 0.455 e. The number of benzene rings is 1. The van der Waals surface area contributed by atoms with Gasteiger partial charge >= 0.3 is 12.4 Å². The fraction of sp³-hybridized carbons (Fsp3) is 0.167. The Hall–Kier alpha value is -2.35. The summed E-state index contributed by atoms with van der Waals surface area (Å²) in [6.45, 7) is 0. The normalized spacial score (nSPS) is 12.1. The van der Waals surface area contributed by atoms with Gasteiger partial charge in [0.2, 0.25) is 11.7 Å². The predicted molar refractivity (Wildman–Crippen MR) is 60.4 cm³/mol. The van der Waals surface area contributed by atoms with E-state index < -0.39 is 74.7 Å². The predicted octanol–water partition coefficient (Wildman–Crippen LogP) is 4.03. The van der Waals surface area contributed by atoms with Crippen molar-refractivity contribution in [3.8, 4) is 11.6 Å². The molecule has 28 heavy (non-hydrogen) atoms. The van der Waals surface area contributed by atoms with E-state index in [1.807, 2.05) is 0 Å². The Morgan fingerprint density at radius 1 is 0.821 bits per heavy atom. The second-order valence-electron chi connectivity index (χ2n) is 4.70. The number of carbonyl (C=O) groups excluding carboxylic acids is 1. The molecule has 2 rings (SSSR count). The maximum absolute atomic E-state index is 13.7. The van der Waals surface area contributed by atoms with Gasteiger partial charge in [0.1, 0.15) is 11.3 Å². The van der Waals surface area contributed by atoms with Crippen LogP contribution in [0.25, 0.3) is 5.69 Å². The zero-order chi connectivity index (χ0) is 21.1. The first-order valence-electron chi connectivity index (χ1n) is 6.13. The van der Waals surface area contributed by atoms with Crippen molar-refractivity contribution in [2.24, 2.45) is 0 Å². The second-order valence-corrected chi connectivity index (χ2v) is 4.70. The van der Waals surface area contributed by atoms with E-state index >= 15 is 0 Å². The molecule has 0 saturated carbocycles. The van der Waals surface area contributed by atoms with E-state index in [4.69, 9.17) is 0 Å². The largest absolute Gasteiger partial charge is 0.493 e. The molecular formula is C12HF11MnN2O2. The summed E-state index contributed by atoms with van der Waals surface area (Å²) in [5, 5.41) is 11.7. The Morgan fingerprint density at radius 2 is 1.21 bits per heavy atom. The van der Waals surface area contributed by atoms with Crippen molar-refractivity contribution in [1.29, 1.82) is 0 Å². The number of Topliss-reactive ketones (excluding diaryl/α,β-unsaturated/α-hetero) is 1. The van der Waals surface area contributed by atoms with Gasteiger partial charge in [-0.2, -0.15) is 36.1 Å².